The van der Waals surface area contributed by atoms with E-state index in [1.165, 1.54) is 6.20 Å². The molecular weight excluding hydrogens is 116 g/mol. The molecule has 9 heavy (non-hydrogen) atoms. The first-order valence-electron chi connectivity index (χ1n) is 2.87. The maximum absolute atomic E-state index is 10.5. The Morgan fingerprint density at radius 3 is 3.00 bits per heavy atom. The van der Waals surface area contributed by atoms with Crippen LogP contribution in [-0.2, 0) is 6.42 Å². The molecule has 0 fully saturated rings. The van der Waals surface area contributed by atoms with Gasteiger partial charge in [-0.1, -0.05) is 6.92 Å². The smallest absolute Gasteiger partial charge is 0.310 e. The van der Waals surface area contributed by atoms with Gasteiger partial charge in [0.25, 0.3) is 0 Å². The van der Waals surface area contributed by atoms with E-state index in [2.05, 4.69) is 9.97 Å². The Morgan fingerprint density at radius 2 is 2.56 bits per heavy atom. The summed E-state index contributed by atoms with van der Waals surface area (Å²) in [5.41, 5.74) is 0.657. The van der Waals surface area contributed by atoms with Gasteiger partial charge in [-0.25, -0.2) is 9.78 Å². The van der Waals surface area contributed by atoms with Crippen molar-refractivity contribution < 1.29 is 0 Å². The number of aromatic nitrogens is 2. The number of nitrogens with one attached hydrogen (secondary N) is 1. The van der Waals surface area contributed by atoms with Crippen LogP contribution >= 0.6 is 0 Å². The van der Waals surface area contributed by atoms with Gasteiger partial charge in [-0.3, -0.25) is 0 Å². The molecule has 1 aromatic heterocycles. The van der Waals surface area contributed by atoms with Gasteiger partial charge >= 0.3 is 5.69 Å². The predicted octanol–water partition coefficient (Wildman–Crippen LogP) is 0.332. The van der Waals surface area contributed by atoms with Gasteiger partial charge in [0.15, 0.2) is 0 Å². The summed E-state index contributed by atoms with van der Waals surface area (Å²) in [6.07, 6.45) is 2.36. The topological polar surface area (TPSA) is 45.8 Å². The second-order valence-electron chi connectivity index (χ2n) is 1.75. The molecule has 0 amide bonds. The fraction of sp³-hybridized carbons (Fsp3) is 0.333. The van der Waals surface area contributed by atoms with Gasteiger partial charge in [0, 0.05) is 11.9 Å². The first-order valence-corrected chi connectivity index (χ1v) is 2.87. The van der Waals surface area contributed by atoms with Crippen LogP contribution in [0.2, 0.25) is 0 Å². The molecule has 0 unspecified atom stereocenters. The molecule has 0 atom stereocenters. The van der Waals surface area contributed by atoms with Gasteiger partial charge < -0.3 is 4.98 Å². The largest absolute Gasteiger partial charge is 0.345 e. The Labute approximate surface area is 52.8 Å². The van der Waals surface area contributed by atoms with Crippen LogP contribution in [0.4, 0.5) is 0 Å². The summed E-state index contributed by atoms with van der Waals surface area (Å²) in [4.78, 5) is 16.5. The molecule has 0 aliphatic carbocycles. The van der Waals surface area contributed by atoms with Crippen molar-refractivity contribution >= 4 is 0 Å². The van der Waals surface area contributed by atoms with Crippen molar-refractivity contribution in [2.45, 2.75) is 13.3 Å². The number of aromatic amines is 1. The van der Waals surface area contributed by atoms with Crippen molar-refractivity contribution in [1.29, 1.82) is 0 Å². The highest BCUT2D eigenvalue weighted by Crippen LogP contribution is 1.86. The quantitative estimate of drug-likeness (QED) is 0.586. The van der Waals surface area contributed by atoms with Crippen LogP contribution in [0.25, 0.3) is 0 Å². The summed E-state index contributed by atoms with van der Waals surface area (Å²) in [7, 11) is 0. The Hall–Kier alpha value is -1.12. The Bertz CT molecular complexity index is 241. The van der Waals surface area contributed by atoms with Crippen LogP contribution in [0.1, 0.15) is 12.6 Å². The van der Waals surface area contributed by atoms with Crippen LogP contribution in [0.5, 0.6) is 0 Å². The van der Waals surface area contributed by atoms with E-state index in [9.17, 15) is 4.79 Å². The predicted molar refractivity (Wildman–Crippen MR) is 34.2 cm³/mol. The molecule has 0 aliphatic heterocycles. The van der Waals surface area contributed by atoms with E-state index >= 15 is 0 Å². The molecule has 48 valence electrons. The van der Waals surface area contributed by atoms with Crippen LogP contribution < -0.4 is 5.69 Å². The summed E-state index contributed by atoms with van der Waals surface area (Å²) >= 11 is 0. The lowest BCUT2D eigenvalue weighted by Gasteiger charge is -1.90. The molecule has 0 radical (unpaired) electrons. The van der Waals surface area contributed by atoms with Crippen molar-refractivity contribution in [2.24, 2.45) is 0 Å². The first-order chi connectivity index (χ1) is 4.33. The van der Waals surface area contributed by atoms with Crippen molar-refractivity contribution in [2.75, 3.05) is 0 Å². The average Bonchev–Trinajstić information content (AvgIpc) is 1.88. The minimum Gasteiger partial charge on any atom is -0.310 e. The lowest BCUT2D eigenvalue weighted by Crippen LogP contribution is -2.10. The van der Waals surface area contributed by atoms with Crippen molar-refractivity contribution in [3.05, 3.63) is 28.4 Å². The maximum Gasteiger partial charge on any atom is 0.345 e. The van der Waals surface area contributed by atoms with Gasteiger partial charge in [0.1, 0.15) is 0 Å². The van der Waals surface area contributed by atoms with Crippen molar-refractivity contribution in [3.63, 3.8) is 0 Å². The zero-order chi connectivity index (χ0) is 6.69. The highest BCUT2D eigenvalue weighted by atomic mass is 16.1. The average molecular weight is 124 g/mol. The van der Waals surface area contributed by atoms with Gasteiger partial charge in [-0.2, -0.15) is 0 Å². The van der Waals surface area contributed by atoms with E-state index in [-0.39, 0.29) is 5.69 Å². The van der Waals surface area contributed by atoms with E-state index in [1.54, 1.807) is 6.07 Å². The number of H-pyrrole nitrogens is 1. The van der Waals surface area contributed by atoms with E-state index in [0.717, 1.165) is 12.1 Å². The normalized spacial score (nSPS) is 9.44. The summed E-state index contributed by atoms with van der Waals surface area (Å²) in [5, 5.41) is 0. The van der Waals surface area contributed by atoms with Crippen LogP contribution in [-0.4, -0.2) is 9.97 Å². The number of rotatable bonds is 1. The van der Waals surface area contributed by atoms with E-state index in [4.69, 9.17) is 0 Å². The molecule has 0 saturated heterocycles. The third-order valence-electron chi connectivity index (χ3n) is 1.12. The number of nitrogens with zero attached hydrogens (tertiary/aromatic N) is 1. The summed E-state index contributed by atoms with van der Waals surface area (Å²) in [6, 6.07) is 1.79. The lowest BCUT2D eigenvalue weighted by atomic mass is 10.3. The summed E-state index contributed by atoms with van der Waals surface area (Å²) in [5.74, 6) is 0. The van der Waals surface area contributed by atoms with Crippen LogP contribution in [0.15, 0.2) is 17.1 Å². The first kappa shape index (κ1) is 6.01. The number of aryl methyl sites for hydroxylation is 1. The molecule has 0 aliphatic rings. The number of hydrogen-bond donors (Lipinski definition) is 1. The van der Waals surface area contributed by atoms with Gasteiger partial charge in [-0.05, 0) is 12.5 Å². The Balaban J connectivity index is 3.08. The second kappa shape index (κ2) is 2.44. The fourth-order valence-corrected chi connectivity index (χ4v) is 0.612. The van der Waals surface area contributed by atoms with E-state index in [0.29, 0.717) is 0 Å². The number of hydrogen-bond acceptors (Lipinski definition) is 2. The fourth-order valence-electron chi connectivity index (χ4n) is 0.612. The van der Waals surface area contributed by atoms with Gasteiger partial charge in [-0.15, -0.1) is 0 Å². The maximum atomic E-state index is 10.5. The molecule has 1 rings (SSSR count). The minimum atomic E-state index is -0.269. The molecule has 1 heterocycles. The SMILES string of the molecule is CCc1ccnc(=O)[nH]1. The molecule has 0 saturated carbocycles. The Morgan fingerprint density at radius 1 is 1.78 bits per heavy atom. The lowest BCUT2D eigenvalue weighted by molar-refractivity contribution is 0.956. The molecule has 3 heteroatoms. The minimum absolute atomic E-state index is 0.269. The highest BCUT2D eigenvalue weighted by molar-refractivity contribution is 4.96. The molecule has 0 spiro atoms. The standard InChI is InChI=1S/C6H8N2O/c1-2-5-3-4-7-6(9)8-5/h3-4H,2H2,1H3,(H,7,8,9). The van der Waals surface area contributed by atoms with Gasteiger partial charge in [0.05, 0.1) is 0 Å². The molecule has 3 nitrogen and oxygen atoms in total. The van der Waals surface area contributed by atoms with E-state index < -0.39 is 0 Å². The van der Waals surface area contributed by atoms with E-state index in [1.807, 2.05) is 6.92 Å². The third-order valence-corrected chi connectivity index (χ3v) is 1.12. The molecule has 0 aromatic carbocycles. The third kappa shape index (κ3) is 1.38. The monoisotopic (exact) mass is 124 g/mol. The zero-order valence-electron chi connectivity index (χ0n) is 5.22. The molecular formula is C6H8N2O. The van der Waals surface area contributed by atoms with Crippen molar-refractivity contribution in [1.82, 2.24) is 9.97 Å². The Kier molecular flexibility index (Phi) is 1.63. The second-order valence-corrected chi connectivity index (χ2v) is 1.75. The zero-order valence-corrected chi connectivity index (χ0v) is 5.22. The van der Waals surface area contributed by atoms with Crippen LogP contribution in [0, 0.1) is 0 Å². The van der Waals surface area contributed by atoms with Gasteiger partial charge in [0.2, 0.25) is 0 Å². The summed E-state index contributed by atoms with van der Waals surface area (Å²) < 4.78 is 0. The molecule has 1 aromatic rings. The van der Waals surface area contributed by atoms with Crippen molar-refractivity contribution in [3.8, 4) is 0 Å². The summed E-state index contributed by atoms with van der Waals surface area (Å²) in [6.45, 7) is 1.98. The van der Waals surface area contributed by atoms with Crippen LogP contribution in [0.3, 0.4) is 0 Å². The molecule has 1 N–H and O–H groups in total. The molecule has 0 bridgehead atoms. The highest BCUT2D eigenvalue weighted by Gasteiger charge is 1.86.